The number of anilines is 2. The zero-order chi connectivity index (χ0) is 18.7. The van der Waals surface area contributed by atoms with Crippen molar-refractivity contribution < 1.29 is 17.6 Å². The van der Waals surface area contributed by atoms with Crippen LogP contribution in [0, 0.1) is 5.82 Å². The SMILES string of the molecule is CS(=O)(=O)N1CCCc2ccc(NC(=O)CCc3ccccc3F)cc21. The van der Waals surface area contributed by atoms with Crippen molar-refractivity contribution in [1.29, 1.82) is 0 Å². The van der Waals surface area contributed by atoms with Gasteiger partial charge in [-0.25, -0.2) is 12.8 Å². The van der Waals surface area contributed by atoms with E-state index in [1.807, 2.05) is 6.07 Å². The molecular weight excluding hydrogens is 355 g/mol. The Morgan fingerprint density at radius 3 is 2.73 bits per heavy atom. The number of benzene rings is 2. The lowest BCUT2D eigenvalue weighted by molar-refractivity contribution is -0.116. The summed E-state index contributed by atoms with van der Waals surface area (Å²) in [6, 6.07) is 11.7. The van der Waals surface area contributed by atoms with Crippen LogP contribution in [0.5, 0.6) is 0 Å². The van der Waals surface area contributed by atoms with Gasteiger partial charge in [0.25, 0.3) is 0 Å². The van der Waals surface area contributed by atoms with E-state index in [9.17, 15) is 17.6 Å². The monoisotopic (exact) mass is 376 g/mol. The zero-order valence-electron chi connectivity index (χ0n) is 14.5. The highest BCUT2D eigenvalue weighted by Gasteiger charge is 2.24. The van der Waals surface area contributed by atoms with Gasteiger partial charge in [0.2, 0.25) is 15.9 Å². The van der Waals surface area contributed by atoms with Crippen LogP contribution in [0.3, 0.4) is 0 Å². The molecule has 0 fully saturated rings. The summed E-state index contributed by atoms with van der Waals surface area (Å²) in [4.78, 5) is 12.2. The van der Waals surface area contributed by atoms with Crippen molar-refractivity contribution in [3.63, 3.8) is 0 Å². The fraction of sp³-hybridized carbons (Fsp3) is 0.316. The second-order valence-corrected chi connectivity index (χ2v) is 8.33. The normalized spacial score (nSPS) is 14.0. The van der Waals surface area contributed by atoms with Crippen LogP contribution in [0.2, 0.25) is 0 Å². The number of aryl methyl sites for hydroxylation is 2. The Labute approximate surface area is 152 Å². The number of rotatable bonds is 5. The number of carbonyl (C=O) groups is 1. The van der Waals surface area contributed by atoms with Gasteiger partial charge in [0.05, 0.1) is 11.9 Å². The van der Waals surface area contributed by atoms with E-state index in [0.29, 0.717) is 29.9 Å². The van der Waals surface area contributed by atoms with Crippen LogP contribution in [-0.2, 0) is 27.7 Å². The third-order valence-corrected chi connectivity index (χ3v) is 5.60. The molecule has 1 aliphatic rings. The van der Waals surface area contributed by atoms with Gasteiger partial charge in [-0.2, -0.15) is 0 Å². The van der Waals surface area contributed by atoms with E-state index in [1.54, 1.807) is 30.3 Å². The second-order valence-electron chi connectivity index (χ2n) is 6.42. The standard InChI is InChI=1S/C19H21FN2O3S/c1-26(24,25)22-12-4-6-15-8-10-16(13-18(15)22)21-19(23)11-9-14-5-2-3-7-17(14)20/h2-3,5,7-8,10,13H,4,6,9,11-12H2,1H3,(H,21,23). The average Bonchev–Trinajstić information content (AvgIpc) is 2.59. The first-order chi connectivity index (χ1) is 12.3. The number of sulfonamides is 1. The van der Waals surface area contributed by atoms with Gasteiger partial charge in [-0.1, -0.05) is 24.3 Å². The van der Waals surface area contributed by atoms with Crippen LogP contribution in [0.25, 0.3) is 0 Å². The molecule has 0 atom stereocenters. The predicted octanol–water partition coefficient (Wildman–Crippen LogP) is 3.11. The van der Waals surface area contributed by atoms with Crippen LogP contribution < -0.4 is 9.62 Å². The lowest BCUT2D eigenvalue weighted by Crippen LogP contribution is -2.34. The first kappa shape index (κ1) is 18.4. The van der Waals surface area contributed by atoms with E-state index in [-0.39, 0.29) is 18.1 Å². The Balaban J connectivity index is 1.70. The van der Waals surface area contributed by atoms with Crippen molar-refractivity contribution in [2.24, 2.45) is 0 Å². The van der Waals surface area contributed by atoms with Crippen LogP contribution in [0.15, 0.2) is 42.5 Å². The maximum atomic E-state index is 13.6. The quantitative estimate of drug-likeness (QED) is 0.872. The third-order valence-electron chi connectivity index (χ3n) is 4.42. The van der Waals surface area contributed by atoms with Gasteiger partial charge in [0, 0.05) is 18.7 Å². The molecule has 5 nitrogen and oxygen atoms in total. The molecule has 0 spiro atoms. The first-order valence-electron chi connectivity index (χ1n) is 8.48. The minimum Gasteiger partial charge on any atom is -0.326 e. The molecule has 0 saturated carbocycles. The molecule has 26 heavy (non-hydrogen) atoms. The number of carbonyl (C=O) groups excluding carboxylic acids is 1. The summed E-state index contributed by atoms with van der Waals surface area (Å²) < 4.78 is 38.9. The van der Waals surface area contributed by atoms with E-state index >= 15 is 0 Å². The van der Waals surface area contributed by atoms with Gasteiger partial charge in [0.15, 0.2) is 0 Å². The number of hydrogen-bond donors (Lipinski definition) is 1. The molecule has 138 valence electrons. The van der Waals surface area contributed by atoms with Gasteiger partial charge < -0.3 is 5.32 Å². The van der Waals surface area contributed by atoms with Crippen molar-refractivity contribution in [3.05, 3.63) is 59.4 Å². The number of hydrogen-bond acceptors (Lipinski definition) is 3. The summed E-state index contributed by atoms with van der Waals surface area (Å²) in [6.45, 7) is 0.441. The summed E-state index contributed by atoms with van der Waals surface area (Å²) in [5, 5.41) is 2.77. The molecule has 0 unspecified atom stereocenters. The molecule has 0 aliphatic carbocycles. The van der Waals surface area contributed by atoms with E-state index in [0.717, 1.165) is 18.4 Å². The lowest BCUT2D eigenvalue weighted by atomic mass is 10.0. The minimum atomic E-state index is -3.36. The molecule has 0 saturated heterocycles. The molecule has 2 aromatic rings. The van der Waals surface area contributed by atoms with Gasteiger partial charge in [0.1, 0.15) is 5.82 Å². The molecule has 7 heteroatoms. The molecule has 0 bridgehead atoms. The van der Waals surface area contributed by atoms with Crippen molar-refractivity contribution >= 4 is 27.3 Å². The number of nitrogens with one attached hydrogen (secondary N) is 1. The minimum absolute atomic E-state index is 0.147. The predicted molar refractivity (Wildman–Crippen MR) is 100 cm³/mol. The van der Waals surface area contributed by atoms with Crippen molar-refractivity contribution in [2.75, 3.05) is 22.4 Å². The highest BCUT2D eigenvalue weighted by Crippen LogP contribution is 2.31. The Morgan fingerprint density at radius 2 is 2.00 bits per heavy atom. The molecule has 0 radical (unpaired) electrons. The Bertz CT molecular complexity index is 928. The number of fused-ring (bicyclic) bond motifs is 1. The topological polar surface area (TPSA) is 66.5 Å². The summed E-state index contributed by atoms with van der Waals surface area (Å²) in [5.74, 6) is -0.562. The smallest absolute Gasteiger partial charge is 0.232 e. The molecular formula is C19H21FN2O3S. The average molecular weight is 376 g/mol. The van der Waals surface area contributed by atoms with Crippen LogP contribution in [0.4, 0.5) is 15.8 Å². The van der Waals surface area contributed by atoms with E-state index in [1.165, 1.54) is 16.6 Å². The second kappa shape index (κ2) is 7.45. The Kier molecular flexibility index (Phi) is 5.27. The largest absolute Gasteiger partial charge is 0.326 e. The summed E-state index contributed by atoms with van der Waals surface area (Å²) >= 11 is 0. The van der Waals surface area contributed by atoms with Crippen molar-refractivity contribution in [3.8, 4) is 0 Å². The molecule has 3 rings (SSSR count). The fourth-order valence-electron chi connectivity index (χ4n) is 3.14. The van der Waals surface area contributed by atoms with Crippen molar-refractivity contribution in [1.82, 2.24) is 0 Å². The Morgan fingerprint density at radius 1 is 1.23 bits per heavy atom. The number of amides is 1. The maximum absolute atomic E-state index is 13.6. The van der Waals surface area contributed by atoms with Gasteiger partial charge >= 0.3 is 0 Å². The van der Waals surface area contributed by atoms with Gasteiger partial charge in [-0.05, 0) is 48.6 Å². The summed E-state index contributed by atoms with van der Waals surface area (Å²) in [6.07, 6.45) is 3.21. The maximum Gasteiger partial charge on any atom is 0.232 e. The highest BCUT2D eigenvalue weighted by atomic mass is 32.2. The molecule has 1 aliphatic heterocycles. The highest BCUT2D eigenvalue weighted by molar-refractivity contribution is 7.92. The summed E-state index contributed by atoms with van der Waals surface area (Å²) in [5.41, 5.74) is 2.60. The molecule has 1 heterocycles. The van der Waals surface area contributed by atoms with E-state index in [2.05, 4.69) is 5.32 Å². The van der Waals surface area contributed by atoms with Crippen LogP contribution in [0.1, 0.15) is 24.0 Å². The number of nitrogens with zero attached hydrogens (tertiary/aromatic N) is 1. The zero-order valence-corrected chi connectivity index (χ0v) is 15.4. The van der Waals surface area contributed by atoms with Crippen molar-refractivity contribution in [2.45, 2.75) is 25.7 Å². The van der Waals surface area contributed by atoms with Gasteiger partial charge in [-0.15, -0.1) is 0 Å². The lowest BCUT2D eigenvalue weighted by Gasteiger charge is -2.29. The molecule has 0 aromatic heterocycles. The third kappa shape index (κ3) is 4.22. The van der Waals surface area contributed by atoms with E-state index < -0.39 is 10.0 Å². The molecule has 1 amide bonds. The molecule has 1 N–H and O–H groups in total. The number of halogens is 1. The first-order valence-corrected chi connectivity index (χ1v) is 10.3. The Hall–Kier alpha value is -2.41. The fourth-order valence-corrected chi connectivity index (χ4v) is 4.12. The molecule has 2 aromatic carbocycles. The van der Waals surface area contributed by atoms with Crippen LogP contribution in [-0.4, -0.2) is 27.1 Å². The van der Waals surface area contributed by atoms with Crippen LogP contribution >= 0.6 is 0 Å². The summed E-state index contributed by atoms with van der Waals surface area (Å²) in [7, 11) is -3.36. The van der Waals surface area contributed by atoms with E-state index in [4.69, 9.17) is 0 Å². The van der Waals surface area contributed by atoms with Gasteiger partial charge in [-0.3, -0.25) is 9.10 Å².